The zero-order valence-corrected chi connectivity index (χ0v) is 11.6. The standard InChI is InChI=1S/C12H12BrNOS/c1-3-9-7-14-12(16-9)8-4-5-11(15-2)10(13)6-8/h4-7H,3H2,1-2H3. The van der Waals surface area contributed by atoms with Gasteiger partial charge >= 0.3 is 0 Å². The van der Waals surface area contributed by atoms with Gasteiger partial charge in [0.2, 0.25) is 0 Å². The second-order valence-corrected chi connectivity index (χ2v) is 5.30. The van der Waals surface area contributed by atoms with Crippen molar-refractivity contribution < 1.29 is 4.74 Å². The highest BCUT2D eigenvalue weighted by Gasteiger charge is 2.06. The van der Waals surface area contributed by atoms with Crippen LogP contribution in [0.5, 0.6) is 5.75 Å². The van der Waals surface area contributed by atoms with Gasteiger partial charge in [-0.1, -0.05) is 6.92 Å². The Bertz CT molecular complexity index is 496. The Labute approximate surface area is 107 Å². The molecule has 0 atom stereocenters. The van der Waals surface area contributed by atoms with Crippen LogP contribution in [0.2, 0.25) is 0 Å². The Morgan fingerprint density at radius 2 is 2.25 bits per heavy atom. The van der Waals surface area contributed by atoms with Gasteiger partial charge in [-0.25, -0.2) is 4.98 Å². The van der Waals surface area contributed by atoms with Crippen LogP contribution in [-0.2, 0) is 6.42 Å². The van der Waals surface area contributed by atoms with Gasteiger partial charge in [0.25, 0.3) is 0 Å². The van der Waals surface area contributed by atoms with Gasteiger partial charge in [0.1, 0.15) is 10.8 Å². The SMILES string of the molecule is CCc1cnc(-c2ccc(OC)c(Br)c2)s1. The molecule has 0 amide bonds. The summed E-state index contributed by atoms with van der Waals surface area (Å²) >= 11 is 5.22. The summed E-state index contributed by atoms with van der Waals surface area (Å²) in [7, 11) is 1.67. The molecule has 1 aromatic heterocycles. The molecule has 0 fully saturated rings. The van der Waals surface area contributed by atoms with E-state index in [1.54, 1.807) is 18.4 Å². The third-order valence-corrected chi connectivity index (χ3v) is 4.11. The van der Waals surface area contributed by atoms with Gasteiger partial charge in [0.05, 0.1) is 11.6 Å². The van der Waals surface area contributed by atoms with Crippen LogP contribution in [0.15, 0.2) is 28.9 Å². The van der Waals surface area contributed by atoms with E-state index < -0.39 is 0 Å². The first-order valence-electron chi connectivity index (χ1n) is 5.03. The second-order valence-electron chi connectivity index (χ2n) is 3.33. The topological polar surface area (TPSA) is 22.1 Å². The van der Waals surface area contributed by atoms with E-state index in [9.17, 15) is 0 Å². The molecule has 4 heteroatoms. The lowest BCUT2D eigenvalue weighted by Crippen LogP contribution is -1.84. The predicted molar refractivity (Wildman–Crippen MR) is 71.2 cm³/mol. The minimum Gasteiger partial charge on any atom is -0.496 e. The summed E-state index contributed by atoms with van der Waals surface area (Å²) in [6.45, 7) is 2.14. The van der Waals surface area contributed by atoms with Crippen molar-refractivity contribution in [3.63, 3.8) is 0 Å². The highest BCUT2D eigenvalue weighted by atomic mass is 79.9. The van der Waals surface area contributed by atoms with Crippen molar-refractivity contribution in [2.45, 2.75) is 13.3 Å². The Kier molecular flexibility index (Phi) is 3.61. The molecule has 0 bridgehead atoms. The second kappa shape index (κ2) is 4.97. The molecule has 0 radical (unpaired) electrons. The van der Waals surface area contributed by atoms with Crippen molar-refractivity contribution in [2.24, 2.45) is 0 Å². The Morgan fingerprint density at radius 1 is 1.44 bits per heavy atom. The van der Waals surface area contributed by atoms with Gasteiger partial charge in [0, 0.05) is 16.6 Å². The van der Waals surface area contributed by atoms with E-state index in [0.29, 0.717) is 0 Å². The number of rotatable bonds is 3. The minimum absolute atomic E-state index is 0.844. The van der Waals surface area contributed by atoms with Crippen LogP contribution in [0.4, 0.5) is 0 Å². The van der Waals surface area contributed by atoms with E-state index in [-0.39, 0.29) is 0 Å². The fourth-order valence-electron chi connectivity index (χ4n) is 1.40. The first-order chi connectivity index (χ1) is 7.74. The van der Waals surface area contributed by atoms with Crippen molar-refractivity contribution in [1.29, 1.82) is 0 Å². The van der Waals surface area contributed by atoms with Crippen molar-refractivity contribution in [2.75, 3.05) is 7.11 Å². The first-order valence-corrected chi connectivity index (χ1v) is 6.64. The molecule has 1 aromatic carbocycles. The predicted octanol–water partition coefficient (Wildman–Crippen LogP) is 4.14. The summed E-state index contributed by atoms with van der Waals surface area (Å²) in [4.78, 5) is 5.72. The van der Waals surface area contributed by atoms with E-state index in [1.807, 2.05) is 24.4 Å². The molecule has 2 aromatic rings. The molecule has 0 saturated heterocycles. The summed E-state index contributed by atoms with van der Waals surface area (Å²) < 4.78 is 6.16. The largest absolute Gasteiger partial charge is 0.496 e. The highest BCUT2D eigenvalue weighted by Crippen LogP contribution is 2.32. The molecule has 2 rings (SSSR count). The quantitative estimate of drug-likeness (QED) is 0.849. The van der Waals surface area contributed by atoms with Crippen LogP contribution >= 0.6 is 27.3 Å². The number of hydrogen-bond acceptors (Lipinski definition) is 3. The average molecular weight is 298 g/mol. The molecule has 0 unspecified atom stereocenters. The monoisotopic (exact) mass is 297 g/mol. The fraction of sp³-hybridized carbons (Fsp3) is 0.250. The minimum atomic E-state index is 0.844. The lowest BCUT2D eigenvalue weighted by molar-refractivity contribution is 0.412. The third-order valence-electron chi connectivity index (χ3n) is 2.30. The summed E-state index contributed by atoms with van der Waals surface area (Å²) in [5, 5.41) is 1.06. The van der Waals surface area contributed by atoms with Gasteiger partial charge in [-0.3, -0.25) is 0 Å². The maximum atomic E-state index is 5.20. The summed E-state index contributed by atoms with van der Waals surface area (Å²) in [6, 6.07) is 6.02. The molecule has 0 saturated carbocycles. The van der Waals surface area contributed by atoms with Crippen molar-refractivity contribution in [1.82, 2.24) is 4.98 Å². The summed E-state index contributed by atoms with van der Waals surface area (Å²) in [5.74, 6) is 0.844. The van der Waals surface area contributed by atoms with Gasteiger partial charge in [0.15, 0.2) is 0 Å². The number of halogens is 1. The van der Waals surface area contributed by atoms with Crippen molar-refractivity contribution >= 4 is 27.3 Å². The van der Waals surface area contributed by atoms with Gasteiger partial charge in [-0.15, -0.1) is 11.3 Å². The van der Waals surface area contributed by atoms with Crippen LogP contribution in [0.1, 0.15) is 11.8 Å². The molecule has 0 aliphatic carbocycles. The molecule has 0 N–H and O–H groups in total. The molecular formula is C12H12BrNOS. The summed E-state index contributed by atoms with van der Waals surface area (Å²) in [5.41, 5.74) is 1.12. The molecule has 0 spiro atoms. The van der Waals surface area contributed by atoms with Crippen molar-refractivity contribution in [3.05, 3.63) is 33.7 Å². The molecular weight excluding hydrogens is 286 g/mol. The zero-order valence-electron chi connectivity index (χ0n) is 9.16. The lowest BCUT2D eigenvalue weighted by atomic mass is 10.2. The number of benzene rings is 1. The van der Waals surface area contributed by atoms with Gasteiger partial charge in [-0.2, -0.15) is 0 Å². The molecule has 2 nitrogen and oxygen atoms in total. The number of ether oxygens (including phenoxy) is 1. The number of aryl methyl sites for hydroxylation is 1. The number of nitrogens with zero attached hydrogens (tertiary/aromatic N) is 1. The van der Waals surface area contributed by atoms with E-state index in [2.05, 4.69) is 27.8 Å². The van der Waals surface area contributed by atoms with E-state index >= 15 is 0 Å². The number of thiazole rings is 1. The fourth-order valence-corrected chi connectivity index (χ4v) is 2.79. The number of hydrogen-bond donors (Lipinski definition) is 0. The first kappa shape index (κ1) is 11.6. The Balaban J connectivity index is 2.37. The van der Waals surface area contributed by atoms with Crippen LogP contribution < -0.4 is 4.74 Å². The number of methoxy groups -OCH3 is 1. The van der Waals surface area contributed by atoms with Crippen LogP contribution in [-0.4, -0.2) is 12.1 Å². The van der Waals surface area contributed by atoms with Gasteiger partial charge in [-0.05, 0) is 40.5 Å². The van der Waals surface area contributed by atoms with Crippen LogP contribution in [0.25, 0.3) is 10.6 Å². The van der Waals surface area contributed by atoms with E-state index in [4.69, 9.17) is 4.74 Å². The third kappa shape index (κ3) is 2.28. The van der Waals surface area contributed by atoms with Gasteiger partial charge < -0.3 is 4.74 Å². The maximum absolute atomic E-state index is 5.20. The van der Waals surface area contributed by atoms with E-state index in [1.165, 1.54) is 4.88 Å². The Hall–Kier alpha value is -0.870. The van der Waals surface area contributed by atoms with Crippen molar-refractivity contribution in [3.8, 4) is 16.3 Å². The molecule has 84 valence electrons. The maximum Gasteiger partial charge on any atom is 0.133 e. The normalized spacial score (nSPS) is 10.4. The number of aromatic nitrogens is 1. The smallest absolute Gasteiger partial charge is 0.133 e. The Morgan fingerprint density at radius 3 is 2.81 bits per heavy atom. The molecule has 0 aliphatic rings. The zero-order chi connectivity index (χ0) is 11.5. The molecule has 0 aliphatic heterocycles. The van der Waals surface area contributed by atoms with E-state index in [0.717, 1.165) is 27.2 Å². The van der Waals surface area contributed by atoms with Crippen LogP contribution in [0.3, 0.4) is 0 Å². The lowest BCUT2D eigenvalue weighted by Gasteiger charge is -2.04. The molecule has 16 heavy (non-hydrogen) atoms. The average Bonchev–Trinajstić information content (AvgIpc) is 2.77. The highest BCUT2D eigenvalue weighted by molar-refractivity contribution is 9.10. The molecule has 1 heterocycles. The van der Waals surface area contributed by atoms with Crippen LogP contribution in [0, 0.1) is 0 Å². The summed E-state index contributed by atoms with van der Waals surface area (Å²) in [6.07, 6.45) is 2.98.